The Hall–Kier alpha value is -2.91. The third-order valence-electron chi connectivity index (χ3n) is 3.88. The summed E-state index contributed by atoms with van der Waals surface area (Å²) in [6.45, 7) is 1.12. The summed E-state index contributed by atoms with van der Waals surface area (Å²) in [4.78, 5) is 69.4. The van der Waals surface area contributed by atoms with E-state index in [1.165, 1.54) is 0 Å². The molecule has 0 saturated heterocycles. The van der Waals surface area contributed by atoms with E-state index >= 15 is 0 Å². The summed E-state index contributed by atoms with van der Waals surface area (Å²) in [5, 5.41) is 42.2. The van der Waals surface area contributed by atoms with Crippen molar-refractivity contribution in [2.45, 2.75) is 56.5 Å². The van der Waals surface area contributed by atoms with E-state index < -0.39 is 78.7 Å². The highest BCUT2D eigenvalue weighted by Gasteiger charge is 2.32. The maximum atomic E-state index is 12.4. The SMILES string of the molecule is CC(O)C(NC(=O)C(CS)NC(=O)C(CC(=O)O)NC(=O)C(N)CCC(=O)O)C(=O)O. The number of carboxylic acid groups (broad SMARTS) is 3. The molecule has 0 saturated carbocycles. The van der Waals surface area contributed by atoms with Crippen molar-refractivity contribution < 1.29 is 49.2 Å². The second-order valence-electron chi connectivity index (χ2n) is 6.51. The Morgan fingerprint density at radius 2 is 1.39 bits per heavy atom. The number of amides is 3. The molecule has 0 aliphatic rings. The summed E-state index contributed by atoms with van der Waals surface area (Å²) < 4.78 is 0. The summed E-state index contributed by atoms with van der Waals surface area (Å²) >= 11 is 3.88. The molecule has 0 aromatic carbocycles. The standard InChI is InChI=1S/C16H26N4O10S/c1-6(21)12(16(29)30)20-15(28)9(5-31)19-14(27)8(4-11(24)25)18-13(26)7(17)2-3-10(22)23/h6-9,12,21,31H,2-5,17H2,1H3,(H,18,26)(H,19,27)(H,20,28)(H,22,23)(H,24,25)(H,29,30). The van der Waals surface area contributed by atoms with Crippen LogP contribution in [0.15, 0.2) is 0 Å². The number of hydrogen-bond acceptors (Lipinski definition) is 9. The average Bonchev–Trinajstić information content (AvgIpc) is 2.66. The fraction of sp³-hybridized carbons (Fsp3) is 0.625. The molecule has 0 rings (SSSR count). The highest BCUT2D eigenvalue weighted by Crippen LogP contribution is 2.01. The lowest BCUT2D eigenvalue weighted by Crippen LogP contribution is -2.59. The molecular weight excluding hydrogens is 440 g/mol. The topological polar surface area (TPSA) is 245 Å². The molecule has 176 valence electrons. The molecule has 0 aliphatic heterocycles. The van der Waals surface area contributed by atoms with Crippen LogP contribution in [-0.2, 0) is 28.8 Å². The van der Waals surface area contributed by atoms with Crippen LogP contribution in [0.3, 0.4) is 0 Å². The van der Waals surface area contributed by atoms with Gasteiger partial charge in [-0.25, -0.2) is 4.79 Å². The van der Waals surface area contributed by atoms with Gasteiger partial charge in [0.15, 0.2) is 6.04 Å². The van der Waals surface area contributed by atoms with Crippen molar-refractivity contribution in [3.05, 3.63) is 0 Å². The molecule has 9 N–H and O–H groups in total. The number of rotatable bonds is 14. The molecule has 3 amide bonds. The average molecular weight is 466 g/mol. The van der Waals surface area contributed by atoms with Gasteiger partial charge in [0.2, 0.25) is 17.7 Å². The molecule has 0 aromatic heterocycles. The van der Waals surface area contributed by atoms with Crippen LogP contribution in [0.1, 0.15) is 26.2 Å². The first-order chi connectivity index (χ1) is 14.3. The first-order valence-corrected chi connectivity index (χ1v) is 9.55. The number of thiol groups is 1. The van der Waals surface area contributed by atoms with E-state index in [4.69, 9.17) is 21.1 Å². The molecule has 0 radical (unpaired) electrons. The molecular formula is C16H26N4O10S. The first kappa shape index (κ1) is 28.1. The van der Waals surface area contributed by atoms with Crippen molar-refractivity contribution in [3.8, 4) is 0 Å². The van der Waals surface area contributed by atoms with Gasteiger partial charge in [0, 0.05) is 12.2 Å². The molecule has 0 aliphatic carbocycles. The van der Waals surface area contributed by atoms with Gasteiger partial charge in [0.05, 0.1) is 18.6 Å². The van der Waals surface area contributed by atoms with E-state index in [0.717, 1.165) is 6.92 Å². The normalized spacial score (nSPS) is 15.5. The first-order valence-electron chi connectivity index (χ1n) is 8.92. The Balaban J connectivity index is 5.24. The van der Waals surface area contributed by atoms with E-state index in [1.54, 1.807) is 0 Å². The molecule has 0 heterocycles. The minimum absolute atomic E-state index is 0.264. The Labute approximate surface area is 182 Å². The van der Waals surface area contributed by atoms with Crippen molar-refractivity contribution in [1.82, 2.24) is 16.0 Å². The monoisotopic (exact) mass is 466 g/mol. The molecule has 15 heteroatoms. The lowest BCUT2D eigenvalue weighted by molar-refractivity contribution is -0.145. The van der Waals surface area contributed by atoms with Crippen LogP contribution < -0.4 is 21.7 Å². The quantitative estimate of drug-likeness (QED) is 0.114. The predicted octanol–water partition coefficient (Wildman–Crippen LogP) is -3.50. The molecule has 0 bridgehead atoms. The van der Waals surface area contributed by atoms with Gasteiger partial charge in [-0.3, -0.25) is 24.0 Å². The minimum atomic E-state index is -1.67. The minimum Gasteiger partial charge on any atom is -0.481 e. The van der Waals surface area contributed by atoms with Gasteiger partial charge in [-0.2, -0.15) is 12.6 Å². The summed E-state index contributed by atoms with van der Waals surface area (Å²) in [5.74, 6) is -7.62. The van der Waals surface area contributed by atoms with Crippen LogP contribution in [0.5, 0.6) is 0 Å². The number of hydrogen-bond donors (Lipinski definition) is 9. The molecule has 0 fully saturated rings. The number of aliphatic hydroxyl groups is 1. The number of nitrogens with one attached hydrogen (secondary N) is 3. The van der Waals surface area contributed by atoms with Crippen LogP contribution in [0.4, 0.5) is 0 Å². The fourth-order valence-corrected chi connectivity index (χ4v) is 2.44. The van der Waals surface area contributed by atoms with Gasteiger partial charge < -0.3 is 42.1 Å². The zero-order valence-corrected chi connectivity index (χ0v) is 17.4. The fourth-order valence-electron chi connectivity index (χ4n) is 2.18. The summed E-state index contributed by atoms with van der Waals surface area (Å²) in [7, 11) is 0. The Bertz CT molecular complexity index is 702. The third kappa shape index (κ3) is 10.6. The number of aliphatic carboxylic acids is 3. The zero-order valence-electron chi connectivity index (χ0n) is 16.5. The van der Waals surface area contributed by atoms with E-state index in [1.807, 2.05) is 5.32 Å². The van der Waals surface area contributed by atoms with Crippen molar-refractivity contribution in [3.63, 3.8) is 0 Å². The van der Waals surface area contributed by atoms with Gasteiger partial charge in [-0.15, -0.1) is 0 Å². The molecule has 5 unspecified atom stereocenters. The Kier molecular flexibility index (Phi) is 12.1. The summed E-state index contributed by atoms with van der Waals surface area (Å²) in [6.07, 6.45) is -3.03. The number of carbonyl (C=O) groups excluding carboxylic acids is 3. The van der Waals surface area contributed by atoms with Gasteiger partial charge in [0.25, 0.3) is 0 Å². The number of nitrogens with two attached hydrogens (primary N) is 1. The smallest absolute Gasteiger partial charge is 0.328 e. The molecule has 0 spiro atoms. The molecule has 31 heavy (non-hydrogen) atoms. The number of aliphatic hydroxyl groups excluding tert-OH is 1. The lowest BCUT2D eigenvalue weighted by Gasteiger charge is -2.24. The second kappa shape index (κ2) is 13.4. The van der Waals surface area contributed by atoms with Crippen molar-refractivity contribution in [2.75, 3.05) is 5.75 Å². The molecule has 14 nitrogen and oxygen atoms in total. The van der Waals surface area contributed by atoms with Gasteiger partial charge in [-0.05, 0) is 13.3 Å². The molecule has 0 aromatic rings. The van der Waals surface area contributed by atoms with Crippen LogP contribution in [0.2, 0.25) is 0 Å². The van der Waals surface area contributed by atoms with Crippen molar-refractivity contribution in [2.24, 2.45) is 5.73 Å². The number of carbonyl (C=O) groups is 6. The maximum Gasteiger partial charge on any atom is 0.328 e. The summed E-state index contributed by atoms with van der Waals surface area (Å²) in [5.41, 5.74) is 5.52. The van der Waals surface area contributed by atoms with Crippen LogP contribution >= 0.6 is 12.6 Å². The van der Waals surface area contributed by atoms with E-state index in [9.17, 15) is 33.9 Å². The number of carboxylic acids is 3. The van der Waals surface area contributed by atoms with E-state index in [0.29, 0.717) is 0 Å². The lowest BCUT2D eigenvalue weighted by atomic mass is 10.1. The van der Waals surface area contributed by atoms with Crippen LogP contribution in [0, 0.1) is 0 Å². The van der Waals surface area contributed by atoms with Crippen LogP contribution in [0.25, 0.3) is 0 Å². The Morgan fingerprint density at radius 3 is 1.81 bits per heavy atom. The highest BCUT2D eigenvalue weighted by atomic mass is 32.1. The van der Waals surface area contributed by atoms with Gasteiger partial charge >= 0.3 is 17.9 Å². The van der Waals surface area contributed by atoms with E-state index in [2.05, 4.69) is 23.3 Å². The highest BCUT2D eigenvalue weighted by molar-refractivity contribution is 7.80. The van der Waals surface area contributed by atoms with E-state index in [-0.39, 0.29) is 12.2 Å². The van der Waals surface area contributed by atoms with Gasteiger partial charge in [-0.1, -0.05) is 0 Å². The second-order valence-corrected chi connectivity index (χ2v) is 6.87. The third-order valence-corrected chi connectivity index (χ3v) is 4.24. The van der Waals surface area contributed by atoms with Crippen LogP contribution in [-0.4, -0.2) is 92.1 Å². The predicted molar refractivity (Wildman–Crippen MR) is 106 cm³/mol. The maximum absolute atomic E-state index is 12.4. The summed E-state index contributed by atoms with van der Waals surface area (Å²) in [6, 6.07) is -6.09. The Morgan fingerprint density at radius 1 is 0.871 bits per heavy atom. The van der Waals surface area contributed by atoms with Gasteiger partial charge in [0.1, 0.15) is 12.1 Å². The van der Waals surface area contributed by atoms with Crippen molar-refractivity contribution >= 4 is 48.3 Å². The molecule has 5 atom stereocenters. The largest absolute Gasteiger partial charge is 0.481 e. The van der Waals surface area contributed by atoms with Crippen molar-refractivity contribution in [1.29, 1.82) is 0 Å². The zero-order chi connectivity index (χ0) is 24.3.